The predicted molar refractivity (Wildman–Crippen MR) is 128 cm³/mol. The second kappa shape index (κ2) is 9.70. The Morgan fingerprint density at radius 3 is 1.60 bits per heavy atom. The molecule has 1 saturated heterocycles. The zero-order valence-electron chi connectivity index (χ0n) is 20.2. The predicted octanol–water partition coefficient (Wildman–Crippen LogP) is 2.42. The number of aliphatic hydroxyl groups is 2. The first kappa shape index (κ1) is 23.9. The number of ether oxygens (including phenoxy) is 2. The third-order valence-electron chi connectivity index (χ3n) is 7.68. The van der Waals surface area contributed by atoms with E-state index in [1.165, 1.54) is 0 Å². The molecular weight excluding hydrogens is 448 g/mol. The van der Waals surface area contributed by atoms with Crippen molar-refractivity contribution in [1.82, 2.24) is 9.80 Å². The van der Waals surface area contributed by atoms with Crippen molar-refractivity contribution >= 4 is 11.9 Å². The molecular formula is C27H32N2O6. The van der Waals surface area contributed by atoms with Crippen molar-refractivity contribution in [1.29, 1.82) is 0 Å². The van der Waals surface area contributed by atoms with E-state index in [4.69, 9.17) is 9.47 Å². The number of cyclic esters (lactones) is 2. The molecule has 0 amide bonds. The van der Waals surface area contributed by atoms with E-state index in [1.807, 2.05) is 26.0 Å². The zero-order chi connectivity index (χ0) is 24.7. The molecule has 0 saturated carbocycles. The first-order valence-corrected chi connectivity index (χ1v) is 12.2. The van der Waals surface area contributed by atoms with Gasteiger partial charge in [0.25, 0.3) is 0 Å². The average Bonchev–Trinajstić information content (AvgIpc) is 3.32. The van der Waals surface area contributed by atoms with E-state index in [-0.39, 0.29) is 25.2 Å². The molecule has 0 aliphatic carbocycles. The Kier molecular flexibility index (Phi) is 6.63. The van der Waals surface area contributed by atoms with Crippen molar-refractivity contribution in [3.63, 3.8) is 0 Å². The van der Waals surface area contributed by atoms with Crippen LogP contribution in [-0.4, -0.2) is 71.2 Å². The highest BCUT2D eigenvalue weighted by molar-refractivity contribution is 5.94. The molecule has 35 heavy (non-hydrogen) atoms. The minimum Gasteiger partial charge on any atom is -0.457 e. The van der Waals surface area contributed by atoms with E-state index >= 15 is 0 Å². The number of nitrogens with zero attached hydrogens (tertiary/aromatic N) is 2. The molecule has 2 aromatic rings. The van der Waals surface area contributed by atoms with Crippen LogP contribution in [0.4, 0.5) is 0 Å². The van der Waals surface area contributed by atoms with Gasteiger partial charge >= 0.3 is 11.9 Å². The summed E-state index contributed by atoms with van der Waals surface area (Å²) in [6, 6.07) is 7.18. The van der Waals surface area contributed by atoms with Crippen molar-refractivity contribution in [2.45, 2.75) is 45.7 Å². The second-order valence-corrected chi connectivity index (χ2v) is 9.75. The van der Waals surface area contributed by atoms with E-state index in [0.717, 1.165) is 66.0 Å². The summed E-state index contributed by atoms with van der Waals surface area (Å²) in [5, 5.41) is 21.9. The number of hydrogen-bond donors (Lipinski definition) is 2. The molecule has 1 fully saturated rings. The maximum atomic E-state index is 11.8. The van der Waals surface area contributed by atoms with Crippen molar-refractivity contribution in [3.8, 4) is 0 Å². The number of hydrogen-bond acceptors (Lipinski definition) is 8. The highest BCUT2D eigenvalue weighted by Crippen LogP contribution is 2.31. The largest absolute Gasteiger partial charge is 0.457 e. The molecule has 0 radical (unpaired) electrons. The molecule has 8 nitrogen and oxygen atoms in total. The summed E-state index contributed by atoms with van der Waals surface area (Å²) >= 11 is 0. The second-order valence-electron chi connectivity index (χ2n) is 9.75. The average molecular weight is 481 g/mol. The Hall–Kier alpha value is -2.78. The molecule has 2 N–H and O–H groups in total. The van der Waals surface area contributed by atoms with Crippen LogP contribution in [0, 0.1) is 13.8 Å². The Balaban J connectivity index is 1.19. The lowest BCUT2D eigenvalue weighted by Crippen LogP contribution is -2.35. The number of benzene rings is 2. The first-order chi connectivity index (χ1) is 16.8. The van der Waals surface area contributed by atoms with E-state index in [2.05, 4.69) is 9.80 Å². The third-order valence-corrected chi connectivity index (χ3v) is 7.68. The number of β-amino-alcohol motifs (C(OH)–C–C–N with tert-alkyl or cyclic N) is 2. The molecule has 5 rings (SSSR count). The smallest absolute Gasteiger partial charge is 0.338 e. The van der Waals surface area contributed by atoms with Crippen LogP contribution in [0.3, 0.4) is 0 Å². The maximum absolute atomic E-state index is 11.8. The highest BCUT2D eigenvalue weighted by atomic mass is 16.5. The van der Waals surface area contributed by atoms with Gasteiger partial charge < -0.3 is 19.7 Å². The summed E-state index contributed by atoms with van der Waals surface area (Å²) in [6.07, 6.45) is -0.351. The van der Waals surface area contributed by atoms with Gasteiger partial charge in [0, 0.05) is 37.3 Å². The molecule has 2 unspecified atom stereocenters. The minimum absolute atomic E-state index is 0.272. The number of rotatable bonds is 6. The molecule has 186 valence electrons. The van der Waals surface area contributed by atoms with Crippen molar-refractivity contribution < 1.29 is 29.3 Å². The standard InChI is InChI=1S/C27H32N2O6/c1-16-18(4-6-20-22(16)14-34-26(20)32)24(30)12-28-8-3-9-29(11-10-28)13-25(31)19-5-7-21-23(17(19)2)15-35-27(21)33/h4-7,24-25,30-31H,3,8-15H2,1-2H3. The van der Waals surface area contributed by atoms with Gasteiger partial charge in [0.2, 0.25) is 0 Å². The number of fused-ring (bicyclic) bond motifs is 2. The molecule has 8 heteroatoms. The number of carbonyl (C=O) groups excluding carboxylic acids is 2. The van der Waals surface area contributed by atoms with Gasteiger partial charge in [-0.3, -0.25) is 9.80 Å². The third kappa shape index (κ3) is 4.59. The lowest BCUT2D eigenvalue weighted by atomic mass is 9.95. The molecule has 2 aromatic carbocycles. The molecule has 0 bridgehead atoms. The van der Waals surface area contributed by atoms with Gasteiger partial charge in [-0.25, -0.2) is 9.59 Å². The zero-order valence-corrected chi connectivity index (χ0v) is 20.2. The van der Waals surface area contributed by atoms with Crippen molar-refractivity contribution in [2.75, 3.05) is 39.3 Å². The fraction of sp³-hybridized carbons (Fsp3) is 0.481. The van der Waals surface area contributed by atoms with Gasteiger partial charge in [0.1, 0.15) is 13.2 Å². The SMILES string of the molecule is Cc1c(C(O)CN2CCCN(CC(O)c3ccc4c(c3C)COC4=O)CC2)ccc2c1COC2=O. The quantitative estimate of drug-likeness (QED) is 0.609. The highest BCUT2D eigenvalue weighted by Gasteiger charge is 2.28. The van der Waals surface area contributed by atoms with Gasteiger partial charge in [-0.2, -0.15) is 0 Å². The molecule has 3 aliphatic heterocycles. The topological polar surface area (TPSA) is 99.5 Å². The van der Waals surface area contributed by atoms with Crippen LogP contribution in [0.15, 0.2) is 24.3 Å². The molecule has 0 aromatic heterocycles. The van der Waals surface area contributed by atoms with Crippen LogP contribution in [0.5, 0.6) is 0 Å². The number of carbonyl (C=O) groups is 2. The van der Waals surface area contributed by atoms with Gasteiger partial charge in [0.15, 0.2) is 0 Å². The molecule has 3 aliphatic rings. The van der Waals surface area contributed by atoms with Gasteiger partial charge in [0.05, 0.1) is 23.3 Å². The normalized spacial score (nSPS) is 20.1. The maximum Gasteiger partial charge on any atom is 0.338 e. The van der Waals surface area contributed by atoms with Crippen LogP contribution >= 0.6 is 0 Å². The van der Waals surface area contributed by atoms with E-state index in [9.17, 15) is 19.8 Å². The van der Waals surface area contributed by atoms with Crippen molar-refractivity contribution in [3.05, 3.63) is 68.8 Å². The summed E-state index contributed by atoms with van der Waals surface area (Å²) in [7, 11) is 0. The van der Waals surface area contributed by atoms with Crippen LogP contribution in [0.25, 0.3) is 0 Å². The fourth-order valence-electron chi connectivity index (χ4n) is 5.53. The first-order valence-electron chi connectivity index (χ1n) is 12.2. The summed E-state index contributed by atoms with van der Waals surface area (Å²) in [5.74, 6) is -0.591. The monoisotopic (exact) mass is 480 g/mol. The van der Waals surface area contributed by atoms with Crippen LogP contribution in [0.2, 0.25) is 0 Å². The van der Waals surface area contributed by atoms with Gasteiger partial charge in [-0.05, 0) is 67.7 Å². The number of aliphatic hydroxyl groups excluding tert-OH is 2. The summed E-state index contributed by atoms with van der Waals surface area (Å²) in [4.78, 5) is 28.1. The summed E-state index contributed by atoms with van der Waals surface area (Å²) in [5.41, 5.74) is 6.48. The van der Waals surface area contributed by atoms with E-state index in [0.29, 0.717) is 24.2 Å². The van der Waals surface area contributed by atoms with Crippen LogP contribution in [0.1, 0.15) is 72.7 Å². The minimum atomic E-state index is -0.646. The van der Waals surface area contributed by atoms with E-state index < -0.39 is 12.2 Å². The fourth-order valence-corrected chi connectivity index (χ4v) is 5.53. The summed E-state index contributed by atoms with van der Waals surface area (Å²) < 4.78 is 10.3. The van der Waals surface area contributed by atoms with Crippen LogP contribution in [-0.2, 0) is 22.7 Å². The number of esters is 2. The Bertz CT molecular complexity index is 1070. The molecule has 0 spiro atoms. The molecule has 2 atom stereocenters. The Morgan fingerprint density at radius 1 is 0.743 bits per heavy atom. The van der Waals surface area contributed by atoms with Crippen LogP contribution < -0.4 is 0 Å². The van der Waals surface area contributed by atoms with E-state index in [1.54, 1.807) is 12.1 Å². The van der Waals surface area contributed by atoms with Crippen molar-refractivity contribution in [2.24, 2.45) is 0 Å². The molecule has 3 heterocycles. The summed E-state index contributed by atoms with van der Waals surface area (Å²) in [6.45, 7) is 8.78. The Morgan fingerprint density at radius 2 is 1.17 bits per heavy atom. The lowest BCUT2D eigenvalue weighted by Gasteiger charge is -2.26. The van der Waals surface area contributed by atoms with Gasteiger partial charge in [-0.15, -0.1) is 0 Å². The lowest BCUT2D eigenvalue weighted by molar-refractivity contribution is 0.0525. The Labute approximate surface area is 205 Å². The van der Waals surface area contributed by atoms with Gasteiger partial charge in [-0.1, -0.05) is 12.1 Å².